The van der Waals surface area contributed by atoms with E-state index in [-0.39, 0.29) is 5.91 Å². The van der Waals surface area contributed by atoms with Gasteiger partial charge in [0.25, 0.3) is 5.89 Å². The van der Waals surface area contributed by atoms with Crippen molar-refractivity contribution in [2.24, 2.45) is 0 Å². The Balaban J connectivity index is 1.24. The molecule has 9 nitrogen and oxygen atoms in total. The molecular weight excluding hydrogens is 444 g/mol. The number of nitrogens with zero attached hydrogens (tertiary/aromatic N) is 6. The number of benzene rings is 2. The smallest absolute Gasteiger partial charge is 0.250 e. The number of rotatable bonds is 7. The molecule has 5 rings (SSSR count). The van der Waals surface area contributed by atoms with Crippen molar-refractivity contribution in [2.45, 2.75) is 38.6 Å². The van der Waals surface area contributed by atoms with Crippen LogP contribution in [0.1, 0.15) is 43.6 Å². The molecule has 1 aliphatic rings. The van der Waals surface area contributed by atoms with Gasteiger partial charge in [0.15, 0.2) is 0 Å². The summed E-state index contributed by atoms with van der Waals surface area (Å²) in [5.41, 5.74) is 3.39. The minimum atomic E-state index is 0.189. The summed E-state index contributed by atoms with van der Waals surface area (Å²) in [6.07, 6.45) is 8.70. The summed E-state index contributed by atoms with van der Waals surface area (Å²) in [5, 5.41) is 12.6. The van der Waals surface area contributed by atoms with Crippen molar-refractivity contribution in [1.29, 1.82) is 0 Å². The highest BCUT2D eigenvalue weighted by Crippen LogP contribution is 2.22. The first-order valence-electron chi connectivity index (χ1n) is 12.0. The van der Waals surface area contributed by atoms with Crippen LogP contribution in [0.15, 0.2) is 47.0 Å². The molecule has 0 radical (unpaired) electrons. The second-order valence-electron chi connectivity index (χ2n) is 8.62. The topological polar surface area (TPSA) is 99.2 Å². The minimum absolute atomic E-state index is 0.189. The van der Waals surface area contributed by atoms with Crippen molar-refractivity contribution >= 4 is 29.1 Å². The largest absolute Gasteiger partial charge is 0.497 e. The maximum absolute atomic E-state index is 12.6. The molecule has 0 N–H and O–H groups in total. The molecule has 4 aromatic rings. The Hall–Kier alpha value is -4.01. The number of aryl methyl sites for hydroxylation is 1. The number of carbonyl (C=O) groups is 1. The van der Waals surface area contributed by atoms with Gasteiger partial charge in [0, 0.05) is 31.1 Å². The number of aromatic nitrogens is 5. The molecule has 180 valence electrons. The van der Waals surface area contributed by atoms with E-state index < -0.39 is 0 Å². The van der Waals surface area contributed by atoms with Crippen LogP contribution < -0.4 is 4.74 Å². The van der Waals surface area contributed by atoms with E-state index in [1.807, 2.05) is 53.4 Å². The fourth-order valence-corrected chi connectivity index (χ4v) is 4.26. The van der Waals surface area contributed by atoms with Crippen LogP contribution in [0, 0.1) is 0 Å². The van der Waals surface area contributed by atoms with Gasteiger partial charge in [-0.25, -0.2) is 4.68 Å². The third-order valence-electron chi connectivity index (χ3n) is 6.24. The molecule has 1 saturated heterocycles. The van der Waals surface area contributed by atoms with E-state index in [1.54, 1.807) is 17.9 Å². The number of ether oxygens (including phenoxy) is 1. The van der Waals surface area contributed by atoms with Gasteiger partial charge in [0.1, 0.15) is 11.3 Å². The molecule has 3 heterocycles. The normalized spacial score (nSPS) is 14.5. The maximum atomic E-state index is 12.6. The summed E-state index contributed by atoms with van der Waals surface area (Å²) in [4.78, 5) is 19.1. The second-order valence-corrected chi connectivity index (χ2v) is 8.62. The summed E-state index contributed by atoms with van der Waals surface area (Å²) >= 11 is 0. The summed E-state index contributed by atoms with van der Waals surface area (Å²) in [6, 6.07) is 13.4. The van der Waals surface area contributed by atoms with E-state index in [0.717, 1.165) is 53.8 Å². The van der Waals surface area contributed by atoms with Crippen molar-refractivity contribution < 1.29 is 14.1 Å². The minimum Gasteiger partial charge on any atom is -0.497 e. The fraction of sp³-hybridized carbons (Fsp3) is 0.346. The first-order valence-corrected chi connectivity index (χ1v) is 12.0. The molecule has 2 aromatic carbocycles. The van der Waals surface area contributed by atoms with Crippen LogP contribution >= 0.6 is 0 Å². The number of amides is 1. The number of fused-ring (bicyclic) bond motifs is 1. The molecule has 0 atom stereocenters. The lowest BCUT2D eigenvalue weighted by molar-refractivity contribution is -0.131. The highest BCUT2D eigenvalue weighted by molar-refractivity contribution is 5.80. The summed E-state index contributed by atoms with van der Waals surface area (Å²) < 4.78 is 12.3. The number of likely N-dealkylation sites (tertiary alicyclic amines) is 1. The van der Waals surface area contributed by atoms with E-state index >= 15 is 0 Å². The predicted octanol–water partition coefficient (Wildman–Crippen LogP) is 4.45. The second kappa shape index (κ2) is 10.5. The van der Waals surface area contributed by atoms with Crippen molar-refractivity contribution in [3.8, 4) is 17.1 Å². The Labute approximate surface area is 203 Å². The zero-order chi connectivity index (χ0) is 24.0. The quantitative estimate of drug-likeness (QED) is 0.392. The molecule has 1 fully saturated rings. The lowest BCUT2D eigenvalue weighted by atomic mass is 10.2. The SMILES string of the molecule is COc1ccc(C=Cc2nc(-c3ccc4c(c3)nnn4CCC(=O)N3CCCCCC3)no2)cc1. The lowest BCUT2D eigenvalue weighted by Crippen LogP contribution is -2.32. The molecule has 0 aliphatic carbocycles. The first kappa shape index (κ1) is 22.8. The fourth-order valence-electron chi connectivity index (χ4n) is 4.26. The molecule has 2 aromatic heterocycles. The van der Waals surface area contributed by atoms with Crippen molar-refractivity contribution in [2.75, 3.05) is 20.2 Å². The van der Waals surface area contributed by atoms with Gasteiger partial charge in [-0.1, -0.05) is 35.3 Å². The monoisotopic (exact) mass is 472 g/mol. The highest BCUT2D eigenvalue weighted by Gasteiger charge is 2.16. The zero-order valence-electron chi connectivity index (χ0n) is 19.8. The molecule has 9 heteroatoms. The number of carbonyl (C=O) groups excluding carboxylic acids is 1. The first-order chi connectivity index (χ1) is 17.2. The Morgan fingerprint density at radius 3 is 2.63 bits per heavy atom. The van der Waals surface area contributed by atoms with Crippen LogP contribution in [-0.2, 0) is 11.3 Å². The molecule has 1 aliphatic heterocycles. The summed E-state index contributed by atoms with van der Waals surface area (Å²) in [5.74, 6) is 1.88. The van der Waals surface area contributed by atoms with Gasteiger partial charge >= 0.3 is 0 Å². The van der Waals surface area contributed by atoms with Crippen LogP contribution in [0.2, 0.25) is 0 Å². The molecule has 35 heavy (non-hydrogen) atoms. The third kappa shape index (κ3) is 5.40. The van der Waals surface area contributed by atoms with E-state index in [2.05, 4.69) is 20.5 Å². The van der Waals surface area contributed by atoms with Gasteiger partial charge in [-0.3, -0.25) is 4.79 Å². The lowest BCUT2D eigenvalue weighted by Gasteiger charge is -2.20. The standard InChI is InChI=1S/C26H28N6O3/c1-34-21-10-6-19(7-11-21)8-13-24-27-26(29-35-24)20-9-12-23-22(18-20)28-30-32(23)17-14-25(33)31-15-4-2-3-5-16-31/h6-13,18H,2-5,14-17H2,1H3. The zero-order valence-corrected chi connectivity index (χ0v) is 19.8. The van der Waals surface area contributed by atoms with Gasteiger partial charge in [0.2, 0.25) is 11.7 Å². The maximum Gasteiger partial charge on any atom is 0.250 e. The highest BCUT2D eigenvalue weighted by atomic mass is 16.5. The van der Waals surface area contributed by atoms with Gasteiger partial charge in [-0.15, -0.1) is 5.10 Å². The third-order valence-corrected chi connectivity index (χ3v) is 6.24. The molecule has 0 spiro atoms. The summed E-state index contributed by atoms with van der Waals surface area (Å²) in [7, 11) is 1.64. The predicted molar refractivity (Wildman–Crippen MR) is 132 cm³/mol. The van der Waals surface area contributed by atoms with E-state index in [9.17, 15) is 4.79 Å². The Kier molecular flexibility index (Phi) is 6.83. The van der Waals surface area contributed by atoms with Crippen molar-refractivity contribution in [3.05, 3.63) is 53.9 Å². The van der Waals surface area contributed by atoms with Crippen molar-refractivity contribution in [3.63, 3.8) is 0 Å². The number of hydrogen-bond acceptors (Lipinski definition) is 7. The molecule has 0 bridgehead atoms. The Morgan fingerprint density at radius 2 is 1.86 bits per heavy atom. The Bertz CT molecular complexity index is 1320. The number of methoxy groups -OCH3 is 1. The molecule has 1 amide bonds. The number of hydrogen-bond donors (Lipinski definition) is 0. The average Bonchev–Trinajstić information content (AvgIpc) is 3.44. The van der Waals surface area contributed by atoms with Crippen LogP contribution in [-0.4, -0.2) is 56.1 Å². The van der Waals surface area contributed by atoms with Crippen LogP contribution in [0.5, 0.6) is 5.75 Å². The van der Waals surface area contributed by atoms with Gasteiger partial charge < -0.3 is 14.2 Å². The molecule has 0 unspecified atom stereocenters. The Morgan fingerprint density at radius 1 is 1.06 bits per heavy atom. The van der Waals surface area contributed by atoms with Gasteiger partial charge in [-0.2, -0.15) is 4.98 Å². The van der Waals surface area contributed by atoms with E-state index in [4.69, 9.17) is 9.26 Å². The van der Waals surface area contributed by atoms with Crippen LogP contribution in [0.25, 0.3) is 34.6 Å². The van der Waals surface area contributed by atoms with Gasteiger partial charge in [-0.05, 0) is 54.8 Å². The molecule has 0 saturated carbocycles. The van der Waals surface area contributed by atoms with E-state index in [1.165, 1.54) is 12.8 Å². The van der Waals surface area contributed by atoms with E-state index in [0.29, 0.717) is 24.7 Å². The van der Waals surface area contributed by atoms with Gasteiger partial charge in [0.05, 0.1) is 19.2 Å². The van der Waals surface area contributed by atoms with Crippen LogP contribution in [0.4, 0.5) is 0 Å². The summed E-state index contributed by atoms with van der Waals surface area (Å²) in [6.45, 7) is 2.23. The molecular formula is C26H28N6O3. The van der Waals surface area contributed by atoms with Crippen LogP contribution in [0.3, 0.4) is 0 Å². The van der Waals surface area contributed by atoms with Crippen molar-refractivity contribution in [1.82, 2.24) is 30.0 Å². The average molecular weight is 473 g/mol.